The first-order chi connectivity index (χ1) is 15.1. The van der Waals surface area contributed by atoms with E-state index in [1.54, 1.807) is 30.9 Å². The van der Waals surface area contributed by atoms with Gasteiger partial charge in [-0.05, 0) is 65.6 Å². The molecule has 0 atom stereocenters. The Hall–Kier alpha value is -2.68. The van der Waals surface area contributed by atoms with E-state index in [2.05, 4.69) is 9.88 Å². The average Bonchev–Trinajstić information content (AvgIpc) is 2.73. The molecular formula is C23H35N3O6. The van der Waals surface area contributed by atoms with E-state index >= 15 is 0 Å². The molecule has 0 aromatic carbocycles. The molecule has 0 spiro atoms. The van der Waals surface area contributed by atoms with Crippen LogP contribution in [0.15, 0.2) is 12.1 Å². The molecule has 9 nitrogen and oxygen atoms in total. The van der Waals surface area contributed by atoms with E-state index in [0.717, 1.165) is 31.6 Å². The zero-order chi connectivity index (χ0) is 23.7. The van der Waals surface area contributed by atoms with Gasteiger partial charge in [0.05, 0.1) is 13.2 Å². The Balaban J connectivity index is 1.91. The number of nitrogens with zero attached hydrogens (tertiary/aromatic N) is 3. The number of aromatic nitrogens is 1. The molecule has 0 unspecified atom stereocenters. The van der Waals surface area contributed by atoms with Crippen molar-refractivity contribution < 1.29 is 28.6 Å². The van der Waals surface area contributed by atoms with Gasteiger partial charge in [-0.25, -0.2) is 19.4 Å². The Labute approximate surface area is 190 Å². The molecule has 32 heavy (non-hydrogen) atoms. The monoisotopic (exact) mass is 449 g/mol. The number of pyridine rings is 1. The maximum absolute atomic E-state index is 12.4. The van der Waals surface area contributed by atoms with Crippen LogP contribution in [-0.4, -0.2) is 84.4 Å². The molecule has 1 aromatic rings. The summed E-state index contributed by atoms with van der Waals surface area (Å²) in [5.74, 6) is -1.10. The van der Waals surface area contributed by atoms with Crippen LogP contribution >= 0.6 is 0 Å². The number of piperazine rings is 1. The topological polar surface area (TPSA) is 98.3 Å². The van der Waals surface area contributed by atoms with Crippen LogP contribution in [0.3, 0.4) is 0 Å². The van der Waals surface area contributed by atoms with Crippen LogP contribution in [-0.2, 0) is 20.6 Å². The van der Waals surface area contributed by atoms with Crippen molar-refractivity contribution in [2.45, 2.75) is 53.1 Å². The van der Waals surface area contributed by atoms with Crippen molar-refractivity contribution in [2.24, 2.45) is 0 Å². The molecule has 1 amide bonds. The molecule has 0 radical (unpaired) electrons. The SMILES string of the molecule is CCOC(=O)c1ccc(CCCN2CCN(C(=O)OC(C)(C)C)CC2)c(C(=O)OCC)n1. The summed E-state index contributed by atoms with van der Waals surface area (Å²) >= 11 is 0. The molecule has 0 bridgehead atoms. The summed E-state index contributed by atoms with van der Waals surface area (Å²) in [5, 5.41) is 0. The number of esters is 2. The fourth-order valence-electron chi connectivity index (χ4n) is 3.36. The highest BCUT2D eigenvalue weighted by Crippen LogP contribution is 2.15. The molecular weight excluding hydrogens is 414 g/mol. The summed E-state index contributed by atoms with van der Waals surface area (Å²) in [4.78, 5) is 44.8. The first-order valence-corrected chi connectivity index (χ1v) is 11.2. The zero-order valence-corrected chi connectivity index (χ0v) is 19.8. The van der Waals surface area contributed by atoms with Crippen molar-refractivity contribution in [1.29, 1.82) is 0 Å². The molecule has 1 aliphatic rings. The number of hydrogen-bond acceptors (Lipinski definition) is 8. The number of rotatable bonds is 8. The van der Waals surface area contributed by atoms with Gasteiger partial charge in [-0.1, -0.05) is 6.07 Å². The predicted molar refractivity (Wildman–Crippen MR) is 119 cm³/mol. The van der Waals surface area contributed by atoms with Gasteiger partial charge < -0.3 is 19.1 Å². The van der Waals surface area contributed by atoms with Crippen molar-refractivity contribution in [3.8, 4) is 0 Å². The minimum absolute atomic E-state index is 0.0944. The van der Waals surface area contributed by atoms with Crippen LogP contribution in [0, 0.1) is 0 Å². The van der Waals surface area contributed by atoms with E-state index in [9.17, 15) is 14.4 Å². The Bertz CT molecular complexity index is 797. The van der Waals surface area contributed by atoms with Gasteiger partial charge in [0.15, 0.2) is 5.69 Å². The quantitative estimate of drug-likeness (QED) is 0.441. The third-order valence-corrected chi connectivity index (χ3v) is 4.88. The molecule has 2 rings (SSSR count). The molecule has 1 saturated heterocycles. The van der Waals surface area contributed by atoms with E-state index in [1.165, 1.54) is 0 Å². The first kappa shape index (κ1) is 25.6. The summed E-state index contributed by atoms with van der Waals surface area (Å²) in [6.07, 6.45) is 1.15. The number of hydrogen-bond donors (Lipinski definition) is 0. The van der Waals surface area contributed by atoms with Crippen LogP contribution in [0.2, 0.25) is 0 Å². The molecule has 1 fully saturated rings. The van der Waals surface area contributed by atoms with Crippen molar-refractivity contribution in [1.82, 2.24) is 14.8 Å². The summed E-state index contributed by atoms with van der Waals surface area (Å²) < 4.78 is 15.5. The van der Waals surface area contributed by atoms with Gasteiger partial charge in [0.1, 0.15) is 11.3 Å². The lowest BCUT2D eigenvalue weighted by Gasteiger charge is -2.35. The van der Waals surface area contributed by atoms with Gasteiger partial charge in [-0.2, -0.15) is 0 Å². The van der Waals surface area contributed by atoms with E-state index < -0.39 is 17.5 Å². The Kier molecular flexibility index (Phi) is 9.43. The molecule has 0 N–H and O–H groups in total. The van der Waals surface area contributed by atoms with Crippen LogP contribution in [0.1, 0.15) is 67.6 Å². The van der Waals surface area contributed by atoms with Gasteiger partial charge in [-0.15, -0.1) is 0 Å². The smallest absolute Gasteiger partial charge is 0.410 e. The maximum Gasteiger partial charge on any atom is 0.410 e. The van der Waals surface area contributed by atoms with Crippen LogP contribution in [0.4, 0.5) is 4.79 Å². The fourth-order valence-corrected chi connectivity index (χ4v) is 3.36. The van der Waals surface area contributed by atoms with E-state index in [4.69, 9.17) is 14.2 Å². The first-order valence-electron chi connectivity index (χ1n) is 11.2. The lowest BCUT2D eigenvalue weighted by Crippen LogP contribution is -2.50. The van der Waals surface area contributed by atoms with Gasteiger partial charge >= 0.3 is 18.0 Å². The summed E-state index contributed by atoms with van der Waals surface area (Å²) in [7, 11) is 0. The fraction of sp³-hybridized carbons (Fsp3) is 0.652. The van der Waals surface area contributed by atoms with Crippen LogP contribution in [0.25, 0.3) is 0 Å². The third-order valence-electron chi connectivity index (χ3n) is 4.88. The molecule has 2 heterocycles. The number of ether oxygens (including phenoxy) is 3. The molecule has 1 aromatic heterocycles. The average molecular weight is 450 g/mol. The number of amides is 1. The molecule has 9 heteroatoms. The minimum atomic E-state index is -0.563. The summed E-state index contributed by atoms with van der Waals surface area (Å²) in [6, 6.07) is 3.32. The van der Waals surface area contributed by atoms with E-state index in [0.29, 0.717) is 19.5 Å². The standard InChI is InChI=1S/C23H35N3O6/c1-6-30-20(27)18-11-10-17(19(24-18)21(28)31-7-2)9-8-12-25-13-15-26(16-14-25)22(29)32-23(3,4)5/h10-11H,6-9,12-16H2,1-5H3. The highest BCUT2D eigenvalue weighted by molar-refractivity contribution is 5.92. The number of carbonyl (C=O) groups is 3. The van der Waals surface area contributed by atoms with Gasteiger partial charge in [0.25, 0.3) is 0 Å². The van der Waals surface area contributed by atoms with Crippen molar-refractivity contribution in [2.75, 3.05) is 45.9 Å². The van der Waals surface area contributed by atoms with Crippen molar-refractivity contribution in [3.63, 3.8) is 0 Å². The van der Waals surface area contributed by atoms with Crippen molar-refractivity contribution in [3.05, 3.63) is 29.1 Å². The van der Waals surface area contributed by atoms with Gasteiger partial charge in [0, 0.05) is 26.2 Å². The normalized spacial score (nSPS) is 14.7. The number of aryl methyl sites for hydroxylation is 1. The lowest BCUT2D eigenvalue weighted by atomic mass is 10.1. The van der Waals surface area contributed by atoms with Gasteiger partial charge in [0.2, 0.25) is 0 Å². The third kappa shape index (κ3) is 7.78. The minimum Gasteiger partial charge on any atom is -0.461 e. The second kappa shape index (κ2) is 11.8. The van der Waals surface area contributed by atoms with Gasteiger partial charge in [-0.3, -0.25) is 4.90 Å². The Morgan fingerprint density at radius 2 is 1.59 bits per heavy atom. The largest absolute Gasteiger partial charge is 0.461 e. The second-order valence-electron chi connectivity index (χ2n) is 8.56. The Morgan fingerprint density at radius 3 is 2.19 bits per heavy atom. The molecule has 178 valence electrons. The van der Waals surface area contributed by atoms with Crippen LogP contribution in [0.5, 0.6) is 0 Å². The Morgan fingerprint density at radius 1 is 0.969 bits per heavy atom. The summed E-state index contributed by atoms with van der Waals surface area (Å²) in [6.45, 7) is 13.1. The lowest BCUT2D eigenvalue weighted by molar-refractivity contribution is 0.0144. The zero-order valence-electron chi connectivity index (χ0n) is 19.8. The molecule has 1 aliphatic heterocycles. The highest BCUT2D eigenvalue weighted by Gasteiger charge is 2.26. The molecule has 0 aliphatic carbocycles. The number of carbonyl (C=O) groups excluding carboxylic acids is 3. The van der Waals surface area contributed by atoms with Crippen molar-refractivity contribution >= 4 is 18.0 Å². The summed E-state index contributed by atoms with van der Waals surface area (Å²) in [5.41, 5.74) is 0.495. The van der Waals surface area contributed by atoms with Crippen LogP contribution < -0.4 is 0 Å². The maximum atomic E-state index is 12.4. The predicted octanol–water partition coefficient (Wildman–Crippen LogP) is 2.92. The van der Waals surface area contributed by atoms with E-state index in [-0.39, 0.29) is 30.7 Å². The van der Waals surface area contributed by atoms with E-state index in [1.807, 2.05) is 20.8 Å². The highest BCUT2D eigenvalue weighted by atomic mass is 16.6. The molecule has 0 saturated carbocycles. The second-order valence-corrected chi connectivity index (χ2v) is 8.56.